The highest BCUT2D eigenvalue weighted by atomic mass is 16.5. The van der Waals surface area contributed by atoms with E-state index in [2.05, 4.69) is 26.6 Å². The molecule has 2 aromatic heterocycles. The standard InChI is InChI=1S/C26H35N7O2/c1-3-4-12-28-20(2)23-11-16-31(30-23)19-21-9-7-14-32(21)25(34)18-22(24-10-5-6-13-29-24)26-33(27)15-8-17-35-26/h3-6,10-13,16,21,25,34H,2,7-9,14-15,17-19,27H2,1H3/b4-3-,26-22-,28-12?/t21-,25?/m0/s1. The number of pyridine rings is 1. The van der Waals surface area contributed by atoms with Crippen LogP contribution in [0.2, 0.25) is 0 Å². The van der Waals surface area contributed by atoms with Crippen LogP contribution in [0.15, 0.2) is 66.3 Å². The van der Waals surface area contributed by atoms with Gasteiger partial charge in [0.25, 0.3) is 0 Å². The lowest BCUT2D eigenvalue weighted by Gasteiger charge is -2.33. The van der Waals surface area contributed by atoms with E-state index in [9.17, 15) is 5.11 Å². The Balaban J connectivity index is 1.47. The van der Waals surface area contributed by atoms with E-state index < -0.39 is 6.23 Å². The number of allylic oxidation sites excluding steroid dienone is 2. The molecule has 0 aromatic carbocycles. The van der Waals surface area contributed by atoms with E-state index in [0.717, 1.165) is 42.8 Å². The Kier molecular flexibility index (Phi) is 8.46. The van der Waals surface area contributed by atoms with Gasteiger partial charge >= 0.3 is 0 Å². The lowest BCUT2D eigenvalue weighted by atomic mass is 10.1. The first-order chi connectivity index (χ1) is 17.1. The van der Waals surface area contributed by atoms with Gasteiger partial charge in [-0.15, -0.1) is 0 Å². The Morgan fingerprint density at radius 2 is 2.20 bits per heavy atom. The Labute approximate surface area is 206 Å². The summed E-state index contributed by atoms with van der Waals surface area (Å²) in [4.78, 5) is 11.0. The maximum atomic E-state index is 11.3. The van der Waals surface area contributed by atoms with Gasteiger partial charge in [-0.25, -0.2) is 5.84 Å². The lowest BCUT2D eigenvalue weighted by molar-refractivity contribution is -0.00727. The average Bonchev–Trinajstić information content (AvgIpc) is 3.54. The third-order valence-electron chi connectivity index (χ3n) is 6.31. The van der Waals surface area contributed by atoms with E-state index in [4.69, 9.17) is 10.6 Å². The summed E-state index contributed by atoms with van der Waals surface area (Å²) < 4.78 is 7.83. The molecule has 2 aliphatic rings. The number of nitrogens with two attached hydrogens (primary N) is 1. The number of hydrogen-bond acceptors (Lipinski definition) is 8. The molecule has 0 saturated carbocycles. The van der Waals surface area contributed by atoms with Gasteiger partial charge in [0.2, 0.25) is 5.88 Å². The molecule has 2 atom stereocenters. The maximum absolute atomic E-state index is 11.3. The zero-order valence-corrected chi connectivity index (χ0v) is 20.3. The van der Waals surface area contributed by atoms with Gasteiger partial charge in [-0.05, 0) is 44.0 Å². The molecule has 9 heteroatoms. The van der Waals surface area contributed by atoms with Crippen molar-refractivity contribution in [2.24, 2.45) is 10.8 Å². The second-order valence-electron chi connectivity index (χ2n) is 8.79. The molecule has 35 heavy (non-hydrogen) atoms. The van der Waals surface area contributed by atoms with E-state index in [1.54, 1.807) is 17.4 Å². The molecule has 0 bridgehead atoms. The first kappa shape index (κ1) is 24.8. The monoisotopic (exact) mass is 477 g/mol. The summed E-state index contributed by atoms with van der Waals surface area (Å²) >= 11 is 0. The fourth-order valence-corrected chi connectivity index (χ4v) is 4.56. The molecule has 2 aromatic rings. The third-order valence-corrected chi connectivity index (χ3v) is 6.31. The van der Waals surface area contributed by atoms with Crippen LogP contribution < -0.4 is 5.84 Å². The zero-order valence-electron chi connectivity index (χ0n) is 20.3. The van der Waals surface area contributed by atoms with Crippen molar-refractivity contribution in [2.45, 2.75) is 51.4 Å². The summed E-state index contributed by atoms with van der Waals surface area (Å²) in [5.41, 5.74) is 2.96. The predicted octanol–water partition coefficient (Wildman–Crippen LogP) is 3.03. The number of ether oxygens (including phenoxy) is 1. The Morgan fingerprint density at radius 3 is 2.97 bits per heavy atom. The number of aliphatic imine (C=N–C) groups is 1. The van der Waals surface area contributed by atoms with Gasteiger partial charge in [0.15, 0.2) is 0 Å². The van der Waals surface area contributed by atoms with Crippen molar-refractivity contribution in [3.63, 3.8) is 0 Å². The van der Waals surface area contributed by atoms with E-state index in [0.29, 0.717) is 37.7 Å². The molecule has 186 valence electrons. The average molecular weight is 478 g/mol. The molecular formula is C26H35N7O2. The van der Waals surface area contributed by atoms with Crippen molar-refractivity contribution in [3.8, 4) is 0 Å². The van der Waals surface area contributed by atoms with E-state index in [1.165, 1.54) is 0 Å². The second-order valence-corrected chi connectivity index (χ2v) is 8.79. The molecule has 4 heterocycles. The van der Waals surface area contributed by atoms with Crippen LogP contribution in [0.5, 0.6) is 0 Å². The second kappa shape index (κ2) is 11.9. The number of aliphatic hydroxyl groups excluding tert-OH is 1. The predicted molar refractivity (Wildman–Crippen MR) is 138 cm³/mol. The van der Waals surface area contributed by atoms with Crippen LogP contribution in [0, 0.1) is 0 Å². The molecule has 0 radical (unpaired) electrons. The van der Waals surface area contributed by atoms with Crippen LogP contribution in [0.4, 0.5) is 0 Å². The first-order valence-corrected chi connectivity index (χ1v) is 12.2. The Morgan fingerprint density at radius 1 is 1.31 bits per heavy atom. The molecule has 4 rings (SSSR count). The molecule has 0 spiro atoms. The summed E-state index contributed by atoms with van der Waals surface area (Å²) in [5, 5.41) is 17.6. The quantitative estimate of drug-likeness (QED) is 0.422. The van der Waals surface area contributed by atoms with Crippen molar-refractivity contribution < 1.29 is 9.84 Å². The number of aromatic nitrogens is 3. The topological polar surface area (TPSA) is 105 Å². The van der Waals surface area contributed by atoms with Crippen molar-refractivity contribution in [2.75, 3.05) is 19.7 Å². The van der Waals surface area contributed by atoms with Crippen LogP contribution in [0.1, 0.15) is 44.0 Å². The van der Waals surface area contributed by atoms with Crippen LogP contribution in [0.3, 0.4) is 0 Å². The van der Waals surface area contributed by atoms with Crippen LogP contribution in [-0.2, 0) is 11.3 Å². The summed E-state index contributed by atoms with van der Waals surface area (Å²) in [5.74, 6) is 6.83. The molecule has 1 unspecified atom stereocenters. The Hall–Kier alpha value is -3.27. The highest BCUT2D eigenvalue weighted by Gasteiger charge is 2.32. The van der Waals surface area contributed by atoms with Crippen LogP contribution in [-0.4, -0.2) is 68.0 Å². The molecule has 0 aliphatic carbocycles. The van der Waals surface area contributed by atoms with Gasteiger partial charge in [0.1, 0.15) is 11.9 Å². The minimum atomic E-state index is -0.693. The molecule has 9 nitrogen and oxygen atoms in total. The zero-order chi connectivity index (χ0) is 24.6. The van der Waals surface area contributed by atoms with Crippen molar-refractivity contribution >= 4 is 17.5 Å². The lowest BCUT2D eigenvalue weighted by Crippen LogP contribution is -2.42. The fraction of sp³-hybridized carbons (Fsp3) is 0.423. The molecule has 0 amide bonds. The number of nitrogens with zero attached hydrogens (tertiary/aromatic N) is 6. The van der Waals surface area contributed by atoms with Crippen molar-refractivity contribution in [1.82, 2.24) is 24.7 Å². The molecular weight excluding hydrogens is 442 g/mol. The number of hydrogen-bond donors (Lipinski definition) is 2. The molecule has 3 N–H and O–H groups in total. The van der Waals surface area contributed by atoms with E-state index in [-0.39, 0.29) is 6.04 Å². The number of rotatable bonds is 9. The summed E-state index contributed by atoms with van der Waals surface area (Å²) in [6, 6.07) is 7.82. The highest BCUT2D eigenvalue weighted by Crippen LogP contribution is 2.30. The largest absolute Gasteiger partial charge is 0.478 e. The van der Waals surface area contributed by atoms with Gasteiger partial charge < -0.3 is 9.84 Å². The van der Waals surface area contributed by atoms with Gasteiger partial charge in [0, 0.05) is 56.2 Å². The molecule has 2 saturated heterocycles. The summed E-state index contributed by atoms with van der Waals surface area (Å²) in [6.07, 6.45) is 11.7. The number of likely N-dealkylation sites (tertiary alicyclic amines) is 1. The summed E-state index contributed by atoms with van der Waals surface area (Å²) in [6.45, 7) is 8.75. The van der Waals surface area contributed by atoms with Gasteiger partial charge in [-0.2, -0.15) is 5.10 Å². The minimum absolute atomic E-state index is 0.161. The molecule has 2 aliphatic heterocycles. The van der Waals surface area contributed by atoms with Gasteiger partial charge in [-0.1, -0.05) is 18.7 Å². The van der Waals surface area contributed by atoms with Crippen LogP contribution in [0.25, 0.3) is 11.3 Å². The first-order valence-electron chi connectivity index (χ1n) is 12.2. The fourth-order valence-electron chi connectivity index (χ4n) is 4.56. The Bertz CT molecular complexity index is 1080. The SMILES string of the molecule is C=C(N=C/C=C\C)c1ccn(C[C@@H]2CCCN2C(O)C/C(=C2/OCCCN2N)c2ccccn2)n1. The number of aliphatic hydroxyl groups is 1. The van der Waals surface area contributed by atoms with Crippen molar-refractivity contribution in [3.05, 3.63) is 72.7 Å². The van der Waals surface area contributed by atoms with Crippen molar-refractivity contribution in [1.29, 1.82) is 0 Å². The van der Waals surface area contributed by atoms with E-state index in [1.807, 2.05) is 54.2 Å². The normalized spacial score (nSPS) is 21.6. The van der Waals surface area contributed by atoms with Gasteiger partial charge in [0.05, 0.1) is 24.5 Å². The highest BCUT2D eigenvalue weighted by molar-refractivity contribution is 5.78. The molecule has 2 fully saturated rings. The van der Waals surface area contributed by atoms with E-state index >= 15 is 0 Å². The number of hydrazine groups is 1. The minimum Gasteiger partial charge on any atom is -0.478 e. The summed E-state index contributed by atoms with van der Waals surface area (Å²) in [7, 11) is 0. The van der Waals surface area contributed by atoms with Gasteiger partial charge in [-0.3, -0.25) is 24.6 Å². The smallest absolute Gasteiger partial charge is 0.209 e. The maximum Gasteiger partial charge on any atom is 0.209 e. The van der Waals surface area contributed by atoms with Crippen LogP contribution >= 0.6 is 0 Å². The third kappa shape index (κ3) is 6.25.